The first-order chi connectivity index (χ1) is 17.4. The van der Waals surface area contributed by atoms with Gasteiger partial charge in [0, 0.05) is 27.7 Å². The zero-order chi connectivity index (χ0) is 26.5. The van der Waals surface area contributed by atoms with Gasteiger partial charge in [-0.25, -0.2) is 8.78 Å². The molecule has 4 aliphatic carbocycles. The molecule has 4 fully saturated rings. The van der Waals surface area contributed by atoms with Gasteiger partial charge in [-0.3, -0.25) is 19.5 Å². The van der Waals surface area contributed by atoms with Crippen LogP contribution in [0, 0.1) is 28.6 Å². The molecule has 0 radical (unpaired) electrons. The van der Waals surface area contributed by atoms with Crippen molar-refractivity contribution in [1.29, 1.82) is 0 Å². The maximum Gasteiger partial charge on any atom is 0.182 e. The SMILES string of the molecule is C[C@]12C=CC(=O)C=C1[C@@H](F)C[C@H]1[C@@H]3C[C@H]4CN(c5ccc(Cl)cc5)O[C@@]4(C(=O)CCl)[C@@]3(C)C[C@H](O)[C@@]12F. The first-order valence-corrected chi connectivity index (χ1v) is 13.6. The molecule has 198 valence electrons. The van der Waals surface area contributed by atoms with E-state index in [4.69, 9.17) is 28.0 Å². The van der Waals surface area contributed by atoms with E-state index in [1.807, 2.05) is 6.92 Å². The highest BCUT2D eigenvalue weighted by molar-refractivity contribution is 6.30. The summed E-state index contributed by atoms with van der Waals surface area (Å²) in [7, 11) is 0. The molecule has 9 atom stereocenters. The summed E-state index contributed by atoms with van der Waals surface area (Å²) in [6.45, 7) is 3.80. The van der Waals surface area contributed by atoms with Gasteiger partial charge in [0.05, 0.1) is 24.2 Å². The number of carbonyl (C=O) groups excluding carboxylic acids is 2. The van der Waals surface area contributed by atoms with Crippen LogP contribution in [-0.4, -0.2) is 52.6 Å². The monoisotopic (exact) mass is 551 g/mol. The quantitative estimate of drug-likeness (QED) is 0.524. The predicted molar refractivity (Wildman–Crippen MR) is 136 cm³/mol. The lowest BCUT2D eigenvalue weighted by molar-refractivity contribution is -0.226. The van der Waals surface area contributed by atoms with E-state index in [1.54, 1.807) is 36.3 Å². The van der Waals surface area contributed by atoms with Crippen molar-refractivity contribution in [2.75, 3.05) is 17.5 Å². The van der Waals surface area contributed by atoms with Crippen LogP contribution in [0.4, 0.5) is 14.5 Å². The molecule has 0 amide bonds. The van der Waals surface area contributed by atoms with Gasteiger partial charge in [0.25, 0.3) is 0 Å². The number of hydroxylamine groups is 1. The number of ketones is 2. The van der Waals surface area contributed by atoms with Crippen LogP contribution in [0.1, 0.15) is 33.1 Å². The van der Waals surface area contributed by atoms with Gasteiger partial charge < -0.3 is 5.11 Å². The van der Waals surface area contributed by atoms with Crippen LogP contribution >= 0.6 is 23.2 Å². The molecule has 5 nitrogen and oxygen atoms in total. The van der Waals surface area contributed by atoms with Gasteiger partial charge >= 0.3 is 0 Å². The number of hydrogen-bond donors (Lipinski definition) is 1. The largest absolute Gasteiger partial charge is 0.390 e. The Bertz CT molecular complexity index is 1240. The number of alkyl halides is 3. The topological polar surface area (TPSA) is 66.8 Å². The Kier molecular flexibility index (Phi) is 5.58. The lowest BCUT2D eigenvalue weighted by Crippen LogP contribution is -2.70. The van der Waals surface area contributed by atoms with Crippen molar-refractivity contribution < 1.29 is 28.3 Å². The van der Waals surface area contributed by atoms with E-state index in [9.17, 15) is 14.7 Å². The van der Waals surface area contributed by atoms with E-state index in [2.05, 4.69) is 0 Å². The molecule has 0 spiro atoms. The minimum atomic E-state index is -2.21. The van der Waals surface area contributed by atoms with Crippen LogP contribution in [0.3, 0.4) is 0 Å². The molecule has 0 unspecified atom stereocenters. The van der Waals surface area contributed by atoms with Crippen molar-refractivity contribution in [3.63, 3.8) is 0 Å². The summed E-state index contributed by atoms with van der Waals surface area (Å²) in [5.74, 6) is -2.64. The lowest BCUT2D eigenvalue weighted by Gasteiger charge is -2.63. The molecule has 1 heterocycles. The van der Waals surface area contributed by atoms with Gasteiger partial charge in [-0.15, -0.1) is 11.6 Å². The van der Waals surface area contributed by atoms with E-state index in [0.717, 1.165) is 5.69 Å². The lowest BCUT2D eigenvalue weighted by atomic mass is 9.44. The Morgan fingerprint density at radius 1 is 1.22 bits per heavy atom. The van der Waals surface area contributed by atoms with E-state index in [1.165, 1.54) is 18.2 Å². The number of allylic oxidation sites excluding steroid dienone is 4. The Morgan fingerprint density at radius 3 is 2.59 bits per heavy atom. The fraction of sp³-hybridized carbons (Fsp3) is 0.571. The van der Waals surface area contributed by atoms with Gasteiger partial charge in [-0.1, -0.05) is 24.6 Å². The number of aliphatic hydroxyl groups is 1. The van der Waals surface area contributed by atoms with Gasteiger partial charge in [-0.2, -0.15) is 0 Å². The molecule has 5 aliphatic rings. The maximum atomic E-state index is 17.4. The zero-order valence-electron chi connectivity index (χ0n) is 20.6. The fourth-order valence-corrected chi connectivity index (χ4v) is 8.93. The van der Waals surface area contributed by atoms with E-state index >= 15 is 8.78 Å². The normalized spacial score (nSPS) is 46.1. The number of carbonyl (C=O) groups is 2. The van der Waals surface area contributed by atoms with Crippen LogP contribution in [0.2, 0.25) is 5.02 Å². The van der Waals surface area contributed by atoms with Crippen molar-refractivity contribution in [3.05, 3.63) is 53.1 Å². The van der Waals surface area contributed by atoms with Crippen LogP contribution in [-0.2, 0) is 14.4 Å². The molecule has 1 aromatic rings. The molecule has 1 aromatic carbocycles. The molecule has 3 saturated carbocycles. The third-order valence-electron chi connectivity index (χ3n) is 10.3. The molecule has 0 bridgehead atoms. The number of nitrogens with zero attached hydrogens (tertiary/aromatic N) is 1. The number of halogens is 4. The number of Topliss-reactive ketones (excluding diaryl/α,β-unsaturated/α-hetero) is 1. The van der Waals surface area contributed by atoms with Crippen molar-refractivity contribution >= 4 is 40.5 Å². The second-order valence-electron chi connectivity index (χ2n) is 11.7. The average Bonchev–Trinajstić information content (AvgIpc) is 3.36. The molecule has 37 heavy (non-hydrogen) atoms. The highest BCUT2D eigenvalue weighted by atomic mass is 35.5. The molecular weight excluding hydrogens is 523 g/mol. The minimum absolute atomic E-state index is 0.0557. The van der Waals surface area contributed by atoms with Gasteiger partial charge in [0.1, 0.15) is 6.17 Å². The zero-order valence-corrected chi connectivity index (χ0v) is 22.1. The van der Waals surface area contributed by atoms with Crippen LogP contribution in [0.25, 0.3) is 0 Å². The summed E-state index contributed by atoms with van der Waals surface area (Å²) >= 11 is 12.2. The fourth-order valence-electron chi connectivity index (χ4n) is 8.61. The Morgan fingerprint density at radius 2 is 1.92 bits per heavy atom. The highest BCUT2D eigenvalue weighted by Gasteiger charge is 2.79. The second-order valence-corrected chi connectivity index (χ2v) is 12.4. The second kappa shape index (κ2) is 8.10. The van der Waals surface area contributed by atoms with Crippen LogP contribution < -0.4 is 5.06 Å². The van der Waals surface area contributed by atoms with Crippen molar-refractivity contribution in [1.82, 2.24) is 0 Å². The third kappa shape index (κ3) is 3.03. The molecule has 1 saturated heterocycles. The number of rotatable bonds is 3. The molecule has 1 aliphatic heterocycles. The number of aliphatic hydroxyl groups excluding tert-OH is 1. The van der Waals surface area contributed by atoms with Gasteiger partial charge in [0.15, 0.2) is 22.8 Å². The van der Waals surface area contributed by atoms with Crippen molar-refractivity contribution in [2.24, 2.45) is 28.6 Å². The Hall–Kier alpha value is -1.80. The van der Waals surface area contributed by atoms with Crippen molar-refractivity contribution in [2.45, 2.75) is 56.7 Å². The average molecular weight is 552 g/mol. The maximum absolute atomic E-state index is 17.4. The molecule has 0 aromatic heterocycles. The first kappa shape index (κ1) is 25.5. The summed E-state index contributed by atoms with van der Waals surface area (Å²) < 4.78 is 33.1. The Labute approximate surface area is 224 Å². The summed E-state index contributed by atoms with van der Waals surface area (Å²) in [6, 6.07) is 7.05. The summed E-state index contributed by atoms with van der Waals surface area (Å²) in [5, 5.41) is 13.8. The highest BCUT2D eigenvalue weighted by Crippen LogP contribution is 2.72. The van der Waals surface area contributed by atoms with E-state index in [0.29, 0.717) is 18.0 Å². The third-order valence-corrected chi connectivity index (χ3v) is 10.8. The van der Waals surface area contributed by atoms with Crippen molar-refractivity contribution in [3.8, 4) is 0 Å². The van der Waals surface area contributed by atoms with E-state index in [-0.39, 0.29) is 41.8 Å². The van der Waals surface area contributed by atoms with Gasteiger partial charge in [-0.05, 0) is 74.1 Å². The number of fused-ring (bicyclic) bond motifs is 7. The smallest absolute Gasteiger partial charge is 0.182 e. The summed E-state index contributed by atoms with van der Waals surface area (Å²) in [5.41, 5.74) is -5.25. The molecule has 1 N–H and O–H groups in total. The standard InChI is InChI=1S/C28H29Cl2F2NO4/c1-25-8-7-18(34)10-21(25)22(31)11-20-19-9-15-14-33(17-5-3-16(30)4-6-17)37-28(15,24(36)13-29)26(19,2)12-23(35)27(20,25)32/h3-8,10,15,19-20,22-23,35H,9,11-14H2,1-2H3/t15-,19-,20-,22-,23-,25-,26-,27-,28-/m0/s1. The number of hydrogen-bond acceptors (Lipinski definition) is 5. The molecule has 9 heteroatoms. The summed E-state index contributed by atoms with van der Waals surface area (Å²) in [4.78, 5) is 32.2. The van der Waals surface area contributed by atoms with Gasteiger partial charge in [0.2, 0.25) is 0 Å². The first-order valence-electron chi connectivity index (χ1n) is 12.7. The summed E-state index contributed by atoms with van der Waals surface area (Å²) in [6.07, 6.45) is 1.01. The minimum Gasteiger partial charge on any atom is -0.390 e. The Balaban J connectivity index is 1.44. The number of anilines is 1. The molecule has 6 rings (SSSR count). The van der Waals surface area contributed by atoms with Crippen LogP contribution in [0.15, 0.2) is 48.1 Å². The van der Waals surface area contributed by atoms with Crippen LogP contribution in [0.5, 0.6) is 0 Å². The number of benzene rings is 1. The predicted octanol–water partition coefficient (Wildman–Crippen LogP) is 5.18. The van der Waals surface area contributed by atoms with E-state index < -0.39 is 46.2 Å². The molecular formula is C28H29Cl2F2NO4.